The van der Waals surface area contributed by atoms with E-state index in [4.69, 9.17) is 4.74 Å². The van der Waals surface area contributed by atoms with Crippen LogP contribution in [0.25, 0.3) is 0 Å². The first-order valence-electron chi connectivity index (χ1n) is 5.92. The lowest BCUT2D eigenvalue weighted by Crippen LogP contribution is -2.08. The van der Waals surface area contributed by atoms with Crippen LogP contribution < -0.4 is 4.74 Å². The molecule has 0 heterocycles. The summed E-state index contributed by atoms with van der Waals surface area (Å²) in [5.41, 5.74) is 0.693. The van der Waals surface area contributed by atoms with E-state index in [1.54, 1.807) is 19.1 Å². The summed E-state index contributed by atoms with van der Waals surface area (Å²) < 4.78 is 5.26. The van der Waals surface area contributed by atoms with E-state index in [1.165, 1.54) is 13.0 Å². The first-order valence-corrected chi connectivity index (χ1v) is 5.92. The number of nitrogens with zero attached hydrogens (tertiary/aromatic N) is 1. The van der Waals surface area contributed by atoms with Gasteiger partial charge in [-0.15, -0.1) is 0 Å². The van der Waals surface area contributed by atoms with Crippen molar-refractivity contribution < 1.29 is 14.5 Å². The molecule has 5 heteroatoms. The minimum absolute atomic E-state index is 0.0498. The monoisotopic (exact) mass is 251 g/mol. The lowest BCUT2D eigenvalue weighted by atomic mass is 9.92. The quantitative estimate of drug-likeness (QED) is 0.575. The lowest BCUT2D eigenvalue weighted by molar-refractivity contribution is -0.385. The molecule has 0 N–H and O–H groups in total. The number of benzene rings is 1. The largest absolute Gasteiger partial charge is 0.487 e. The number of Topliss-reactive ketones (excluding diaryl/α,β-unsaturated/α-hetero) is 1. The second kappa shape index (κ2) is 6.14. The van der Waals surface area contributed by atoms with Gasteiger partial charge in [-0.3, -0.25) is 14.9 Å². The minimum atomic E-state index is -0.483. The van der Waals surface area contributed by atoms with Crippen LogP contribution in [0, 0.1) is 10.1 Å². The highest BCUT2D eigenvalue weighted by molar-refractivity contribution is 5.83. The van der Waals surface area contributed by atoms with E-state index >= 15 is 0 Å². The van der Waals surface area contributed by atoms with Crippen LogP contribution in [0.4, 0.5) is 5.69 Å². The molecule has 1 unspecified atom stereocenters. The number of rotatable bonds is 6. The maximum atomic E-state index is 11.5. The summed E-state index contributed by atoms with van der Waals surface area (Å²) in [6.45, 7) is 5.55. The molecule has 18 heavy (non-hydrogen) atoms. The standard InChI is InChI=1S/C13H17NO4/c1-4-11(9(3)15)10-6-7-12(14(16)17)13(8-10)18-5-2/h6-8,11H,4-5H2,1-3H3. The summed E-state index contributed by atoms with van der Waals surface area (Å²) in [5, 5.41) is 10.8. The summed E-state index contributed by atoms with van der Waals surface area (Å²) >= 11 is 0. The van der Waals surface area contributed by atoms with Crippen LogP contribution in [-0.4, -0.2) is 17.3 Å². The smallest absolute Gasteiger partial charge is 0.310 e. The molecule has 0 radical (unpaired) electrons. The molecule has 0 saturated heterocycles. The number of ketones is 1. The van der Waals surface area contributed by atoms with E-state index in [9.17, 15) is 14.9 Å². The first-order chi connectivity index (χ1) is 8.51. The van der Waals surface area contributed by atoms with Gasteiger partial charge in [-0.25, -0.2) is 0 Å². The van der Waals surface area contributed by atoms with Crippen molar-refractivity contribution in [3.8, 4) is 5.75 Å². The molecule has 1 atom stereocenters. The molecule has 0 saturated carbocycles. The number of ether oxygens (including phenoxy) is 1. The van der Waals surface area contributed by atoms with Gasteiger partial charge in [-0.05, 0) is 31.9 Å². The number of hydrogen-bond donors (Lipinski definition) is 0. The number of carbonyl (C=O) groups excluding carboxylic acids is 1. The van der Waals surface area contributed by atoms with Gasteiger partial charge in [-0.1, -0.05) is 13.0 Å². The fourth-order valence-corrected chi connectivity index (χ4v) is 1.93. The van der Waals surface area contributed by atoms with Gasteiger partial charge in [0.25, 0.3) is 0 Å². The maximum absolute atomic E-state index is 11.5. The van der Waals surface area contributed by atoms with E-state index in [0.29, 0.717) is 13.0 Å². The molecule has 0 aliphatic rings. The van der Waals surface area contributed by atoms with Crippen LogP contribution in [-0.2, 0) is 4.79 Å². The predicted molar refractivity (Wildman–Crippen MR) is 68.0 cm³/mol. The molecule has 98 valence electrons. The molecular weight excluding hydrogens is 234 g/mol. The highest BCUT2D eigenvalue weighted by atomic mass is 16.6. The second-order valence-electron chi connectivity index (χ2n) is 3.99. The topological polar surface area (TPSA) is 69.4 Å². The maximum Gasteiger partial charge on any atom is 0.310 e. The summed E-state index contributed by atoms with van der Waals surface area (Å²) in [7, 11) is 0. The predicted octanol–water partition coefficient (Wildman–Crippen LogP) is 3.08. The van der Waals surface area contributed by atoms with Gasteiger partial charge in [0.1, 0.15) is 5.78 Å². The molecule has 1 aromatic rings. The summed E-state index contributed by atoms with van der Waals surface area (Å²) in [4.78, 5) is 21.8. The van der Waals surface area contributed by atoms with Gasteiger partial charge in [-0.2, -0.15) is 0 Å². The average Bonchev–Trinajstić information content (AvgIpc) is 2.29. The van der Waals surface area contributed by atoms with E-state index in [1.807, 2.05) is 6.92 Å². The third-order valence-corrected chi connectivity index (χ3v) is 2.78. The molecule has 0 aromatic heterocycles. The Balaban J connectivity index is 3.21. The van der Waals surface area contributed by atoms with Gasteiger partial charge in [0.15, 0.2) is 5.75 Å². The Hall–Kier alpha value is -1.91. The molecule has 0 bridgehead atoms. The van der Waals surface area contributed by atoms with Gasteiger partial charge >= 0.3 is 5.69 Å². The fraction of sp³-hybridized carbons (Fsp3) is 0.462. The van der Waals surface area contributed by atoms with Crippen LogP contribution in [0.15, 0.2) is 18.2 Å². The van der Waals surface area contributed by atoms with Crippen LogP contribution in [0.1, 0.15) is 38.7 Å². The van der Waals surface area contributed by atoms with Crippen molar-refractivity contribution >= 4 is 11.5 Å². The molecule has 1 aromatic carbocycles. The van der Waals surface area contributed by atoms with Crippen molar-refractivity contribution in [1.29, 1.82) is 0 Å². The summed E-state index contributed by atoms with van der Waals surface area (Å²) in [5.74, 6) is 0.0403. The van der Waals surface area contributed by atoms with Crippen LogP contribution in [0.5, 0.6) is 5.75 Å². The number of nitro groups is 1. The highest BCUT2D eigenvalue weighted by Gasteiger charge is 2.20. The van der Waals surface area contributed by atoms with Crippen molar-refractivity contribution in [2.75, 3.05) is 6.61 Å². The molecule has 0 amide bonds. The lowest BCUT2D eigenvalue weighted by Gasteiger charge is -2.13. The Morgan fingerprint density at radius 1 is 1.44 bits per heavy atom. The molecule has 1 rings (SSSR count). The van der Waals surface area contributed by atoms with Gasteiger partial charge in [0.05, 0.1) is 11.5 Å². The third kappa shape index (κ3) is 3.06. The van der Waals surface area contributed by atoms with E-state index in [-0.39, 0.29) is 23.1 Å². The van der Waals surface area contributed by atoms with Gasteiger partial charge in [0.2, 0.25) is 0 Å². The number of carbonyl (C=O) groups is 1. The van der Waals surface area contributed by atoms with Crippen molar-refractivity contribution in [2.24, 2.45) is 0 Å². The summed E-state index contributed by atoms with van der Waals surface area (Å²) in [6, 6.07) is 4.61. The number of nitro benzene ring substituents is 1. The number of hydrogen-bond acceptors (Lipinski definition) is 4. The summed E-state index contributed by atoms with van der Waals surface area (Å²) in [6.07, 6.45) is 0.665. The third-order valence-electron chi connectivity index (χ3n) is 2.78. The zero-order chi connectivity index (χ0) is 13.7. The van der Waals surface area contributed by atoms with Crippen LogP contribution in [0.2, 0.25) is 0 Å². The van der Waals surface area contributed by atoms with Crippen molar-refractivity contribution in [1.82, 2.24) is 0 Å². The zero-order valence-electron chi connectivity index (χ0n) is 10.8. The van der Waals surface area contributed by atoms with Crippen LogP contribution in [0.3, 0.4) is 0 Å². The molecule has 5 nitrogen and oxygen atoms in total. The van der Waals surface area contributed by atoms with Gasteiger partial charge in [0, 0.05) is 12.0 Å². The fourth-order valence-electron chi connectivity index (χ4n) is 1.93. The Bertz CT molecular complexity index is 456. The second-order valence-corrected chi connectivity index (χ2v) is 3.99. The average molecular weight is 251 g/mol. The Morgan fingerprint density at radius 2 is 2.11 bits per heavy atom. The molecule has 0 aliphatic carbocycles. The molecule has 0 aliphatic heterocycles. The molecular formula is C13H17NO4. The Morgan fingerprint density at radius 3 is 2.56 bits per heavy atom. The zero-order valence-corrected chi connectivity index (χ0v) is 10.8. The Kier molecular flexibility index (Phi) is 4.83. The minimum Gasteiger partial charge on any atom is -0.487 e. The SMILES string of the molecule is CCOc1cc(C(CC)C(C)=O)ccc1[N+](=O)[O-]. The Labute approximate surface area is 106 Å². The molecule has 0 fully saturated rings. The van der Waals surface area contributed by atoms with Crippen LogP contribution >= 0.6 is 0 Å². The van der Waals surface area contributed by atoms with Crippen molar-refractivity contribution in [3.63, 3.8) is 0 Å². The van der Waals surface area contributed by atoms with E-state index in [0.717, 1.165) is 5.56 Å². The normalized spacial score (nSPS) is 11.9. The van der Waals surface area contributed by atoms with E-state index < -0.39 is 4.92 Å². The highest BCUT2D eigenvalue weighted by Crippen LogP contribution is 2.32. The van der Waals surface area contributed by atoms with Crippen molar-refractivity contribution in [3.05, 3.63) is 33.9 Å². The van der Waals surface area contributed by atoms with E-state index in [2.05, 4.69) is 0 Å². The first kappa shape index (κ1) is 14.2. The van der Waals surface area contributed by atoms with Gasteiger partial charge < -0.3 is 4.74 Å². The van der Waals surface area contributed by atoms with Crippen molar-refractivity contribution in [2.45, 2.75) is 33.1 Å². The molecule has 0 spiro atoms.